The topological polar surface area (TPSA) is 85.5 Å². The van der Waals surface area contributed by atoms with Crippen LogP contribution in [-0.4, -0.2) is 36.4 Å². The molecule has 1 aromatic heterocycles. The predicted molar refractivity (Wildman–Crippen MR) is 82.6 cm³/mol. The quantitative estimate of drug-likeness (QED) is 0.661. The van der Waals surface area contributed by atoms with Crippen molar-refractivity contribution >= 4 is 17.7 Å². The largest absolute Gasteiger partial charge is 0.465 e. The van der Waals surface area contributed by atoms with E-state index >= 15 is 0 Å². The van der Waals surface area contributed by atoms with Crippen LogP contribution in [0.3, 0.4) is 0 Å². The maximum absolute atomic E-state index is 13.5. The second kappa shape index (κ2) is 7.25. The lowest BCUT2D eigenvalue weighted by Gasteiger charge is -2.05. The summed E-state index contributed by atoms with van der Waals surface area (Å²) in [6, 6.07) is 2.37. The molecule has 0 amide bonds. The van der Waals surface area contributed by atoms with E-state index < -0.39 is 41.5 Å². The number of rotatable bonds is 5. The molecule has 132 valence electrons. The minimum absolute atomic E-state index is 0.0882. The molecule has 0 radical (unpaired) electrons. The molecule has 25 heavy (non-hydrogen) atoms. The van der Waals surface area contributed by atoms with E-state index in [9.17, 15) is 23.2 Å². The van der Waals surface area contributed by atoms with Gasteiger partial charge in [0.05, 0.1) is 23.9 Å². The Kier molecular flexibility index (Phi) is 5.31. The second-order valence-electron chi connectivity index (χ2n) is 5.24. The molecule has 0 aliphatic carbocycles. The van der Waals surface area contributed by atoms with Crippen LogP contribution in [0.25, 0.3) is 0 Å². The van der Waals surface area contributed by atoms with E-state index in [0.29, 0.717) is 17.3 Å². The van der Waals surface area contributed by atoms with E-state index in [1.165, 1.54) is 7.11 Å². The number of nitrogens with one attached hydrogen (secondary N) is 1. The highest BCUT2D eigenvalue weighted by Gasteiger charge is 2.23. The summed E-state index contributed by atoms with van der Waals surface area (Å²) in [5.41, 5.74) is 0.623. The number of carbonyl (C=O) groups excluding carboxylic acids is 3. The van der Waals surface area contributed by atoms with Gasteiger partial charge in [-0.15, -0.1) is 0 Å². The minimum Gasteiger partial charge on any atom is -0.465 e. The monoisotopic (exact) mass is 351 g/mol. The van der Waals surface area contributed by atoms with E-state index in [-0.39, 0.29) is 11.3 Å². The highest BCUT2D eigenvalue weighted by Crippen LogP contribution is 2.19. The summed E-state index contributed by atoms with van der Waals surface area (Å²) < 4.78 is 35.8. The number of ketones is 1. The number of methoxy groups -OCH3 is 1. The van der Waals surface area contributed by atoms with Gasteiger partial charge in [-0.1, -0.05) is 0 Å². The third-order valence-corrected chi connectivity index (χ3v) is 3.59. The number of benzene rings is 1. The van der Waals surface area contributed by atoms with Crippen LogP contribution < -0.4 is 0 Å². The number of aromatic amines is 1. The Labute approximate surface area is 141 Å². The molecule has 0 spiro atoms. The van der Waals surface area contributed by atoms with Gasteiger partial charge in [-0.3, -0.25) is 4.79 Å². The van der Waals surface area contributed by atoms with Crippen LogP contribution in [-0.2, 0) is 9.47 Å². The molecule has 0 fully saturated rings. The Hall–Kier alpha value is -3.03. The van der Waals surface area contributed by atoms with E-state index in [4.69, 9.17) is 4.74 Å². The second-order valence-corrected chi connectivity index (χ2v) is 5.24. The average Bonchev–Trinajstić information content (AvgIpc) is 2.86. The third-order valence-electron chi connectivity index (χ3n) is 3.59. The van der Waals surface area contributed by atoms with Gasteiger partial charge in [0.25, 0.3) is 0 Å². The van der Waals surface area contributed by atoms with E-state index in [1.54, 1.807) is 13.8 Å². The van der Waals surface area contributed by atoms with E-state index in [0.717, 1.165) is 12.1 Å². The van der Waals surface area contributed by atoms with Crippen LogP contribution in [0.5, 0.6) is 0 Å². The summed E-state index contributed by atoms with van der Waals surface area (Å²) in [4.78, 5) is 38.4. The number of halogens is 2. The molecule has 1 aromatic carbocycles. The average molecular weight is 351 g/mol. The van der Waals surface area contributed by atoms with Gasteiger partial charge in [0, 0.05) is 11.8 Å². The molecular formula is C17H15F2NO5. The van der Waals surface area contributed by atoms with E-state index in [1.807, 2.05) is 0 Å². The van der Waals surface area contributed by atoms with Crippen molar-refractivity contribution in [3.05, 3.63) is 57.9 Å². The Morgan fingerprint density at radius 3 is 2.40 bits per heavy atom. The summed E-state index contributed by atoms with van der Waals surface area (Å²) in [7, 11) is 1.22. The van der Waals surface area contributed by atoms with Gasteiger partial charge >= 0.3 is 11.9 Å². The van der Waals surface area contributed by atoms with Gasteiger partial charge in [0.15, 0.2) is 6.61 Å². The fraction of sp³-hybridized carbons (Fsp3) is 0.235. The Morgan fingerprint density at radius 1 is 1.12 bits per heavy atom. The third kappa shape index (κ3) is 3.73. The highest BCUT2D eigenvalue weighted by atomic mass is 19.1. The molecule has 0 bridgehead atoms. The lowest BCUT2D eigenvalue weighted by atomic mass is 10.1. The Balaban J connectivity index is 2.13. The molecular weight excluding hydrogens is 336 g/mol. The first kappa shape index (κ1) is 18.3. The van der Waals surface area contributed by atoms with Crippen molar-refractivity contribution in [2.24, 2.45) is 0 Å². The number of hydrogen-bond donors (Lipinski definition) is 1. The maximum Gasteiger partial charge on any atom is 0.341 e. The predicted octanol–water partition coefficient (Wildman–Crippen LogP) is 2.74. The first-order valence-corrected chi connectivity index (χ1v) is 7.19. The van der Waals surface area contributed by atoms with Crippen molar-refractivity contribution in [3.63, 3.8) is 0 Å². The number of ether oxygens (including phenoxy) is 2. The van der Waals surface area contributed by atoms with Crippen LogP contribution in [0.4, 0.5) is 8.78 Å². The molecule has 8 heteroatoms. The van der Waals surface area contributed by atoms with Gasteiger partial charge in [0.1, 0.15) is 11.6 Å². The molecule has 0 atom stereocenters. The van der Waals surface area contributed by atoms with Crippen LogP contribution in [0.1, 0.15) is 42.5 Å². The van der Waals surface area contributed by atoms with Gasteiger partial charge < -0.3 is 14.5 Å². The zero-order valence-electron chi connectivity index (χ0n) is 13.7. The van der Waals surface area contributed by atoms with Crippen molar-refractivity contribution < 1.29 is 32.6 Å². The standard InChI is InChI=1S/C17H15F2NO5/c1-8-14(17(23)24-3)9(2)20-15(8)13(21)7-25-16(22)11-5-4-10(18)6-12(11)19/h4-6,20H,7H2,1-3H3. The Bertz CT molecular complexity index is 857. The molecule has 2 aromatic rings. The highest BCUT2D eigenvalue weighted by molar-refractivity contribution is 6.03. The van der Waals surface area contributed by atoms with Crippen LogP contribution in [0.15, 0.2) is 18.2 Å². The van der Waals surface area contributed by atoms with E-state index in [2.05, 4.69) is 9.72 Å². The Morgan fingerprint density at radius 2 is 1.80 bits per heavy atom. The number of carbonyl (C=O) groups is 3. The summed E-state index contributed by atoms with van der Waals surface area (Å²) >= 11 is 0. The number of aromatic nitrogens is 1. The molecule has 1 N–H and O–H groups in total. The SMILES string of the molecule is COC(=O)c1c(C)[nH]c(C(=O)COC(=O)c2ccc(F)cc2F)c1C. The van der Waals surface area contributed by atoms with Gasteiger partial charge in [-0.25, -0.2) is 18.4 Å². The molecule has 0 unspecified atom stereocenters. The molecule has 0 aliphatic heterocycles. The maximum atomic E-state index is 13.5. The first-order chi connectivity index (χ1) is 11.8. The molecule has 0 saturated heterocycles. The van der Waals surface area contributed by atoms with Crippen LogP contribution in [0.2, 0.25) is 0 Å². The fourth-order valence-electron chi connectivity index (χ4n) is 2.37. The summed E-state index contributed by atoms with van der Waals surface area (Å²) in [5, 5.41) is 0. The summed E-state index contributed by atoms with van der Waals surface area (Å²) in [5.74, 6) is -4.22. The molecule has 0 saturated carbocycles. The van der Waals surface area contributed by atoms with Crippen molar-refractivity contribution in [2.75, 3.05) is 13.7 Å². The first-order valence-electron chi connectivity index (χ1n) is 7.19. The molecule has 6 nitrogen and oxygen atoms in total. The lowest BCUT2D eigenvalue weighted by Crippen LogP contribution is -2.16. The zero-order chi connectivity index (χ0) is 18.7. The smallest absolute Gasteiger partial charge is 0.341 e. The number of H-pyrrole nitrogens is 1. The van der Waals surface area contributed by atoms with Gasteiger partial charge in [-0.2, -0.15) is 0 Å². The minimum atomic E-state index is -1.10. The van der Waals surface area contributed by atoms with Gasteiger partial charge in [-0.05, 0) is 31.5 Å². The molecule has 2 rings (SSSR count). The molecule has 1 heterocycles. The number of hydrogen-bond acceptors (Lipinski definition) is 5. The summed E-state index contributed by atoms with van der Waals surface area (Å²) in [6.45, 7) is 2.47. The van der Waals surface area contributed by atoms with Crippen LogP contribution >= 0.6 is 0 Å². The van der Waals surface area contributed by atoms with Crippen molar-refractivity contribution in [2.45, 2.75) is 13.8 Å². The number of aryl methyl sites for hydroxylation is 1. The van der Waals surface area contributed by atoms with Crippen LogP contribution in [0, 0.1) is 25.5 Å². The molecule has 0 aliphatic rings. The zero-order valence-corrected chi connectivity index (χ0v) is 13.7. The normalized spacial score (nSPS) is 10.4. The number of esters is 2. The summed E-state index contributed by atoms with van der Waals surface area (Å²) in [6.07, 6.45) is 0. The van der Waals surface area contributed by atoms with Gasteiger partial charge in [0.2, 0.25) is 5.78 Å². The lowest BCUT2D eigenvalue weighted by molar-refractivity contribution is 0.0468. The number of Topliss-reactive ketones (excluding diaryl/α,β-unsaturated/α-hetero) is 1. The van der Waals surface area contributed by atoms with Crippen molar-refractivity contribution in [1.29, 1.82) is 0 Å². The van der Waals surface area contributed by atoms with Crippen molar-refractivity contribution in [3.8, 4) is 0 Å². The fourth-order valence-corrected chi connectivity index (χ4v) is 2.37. The van der Waals surface area contributed by atoms with Crippen molar-refractivity contribution in [1.82, 2.24) is 4.98 Å².